The molecule has 1 aliphatic carbocycles. The maximum atomic E-state index is 12.7. The summed E-state index contributed by atoms with van der Waals surface area (Å²) >= 11 is 0. The molecule has 2 aliphatic rings. The second-order valence-corrected chi connectivity index (χ2v) is 6.85. The third kappa shape index (κ3) is 3.07. The van der Waals surface area contributed by atoms with Gasteiger partial charge in [-0.15, -0.1) is 13.2 Å². The van der Waals surface area contributed by atoms with E-state index in [0.717, 1.165) is 37.8 Å². The van der Waals surface area contributed by atoms with Crippen molar-refractivity contribution < 1.29 is 22.6 Å². The van der Waals surface area contributed by atoms with Crippen LogP contribution in [-0.2, 0) is 5.41 Å². The molecule has 1 saturated carbocycles. The summed E-state index contributed by atoms with van der Waals surface area (Å²) in [5, 5.41) is 0. The van der Waals surface area contributed by atoms with Crippen LogP contribution < -0.4 is 15.2 Å². The smallest absolute Gasteiger partial charge is 0.493 e. The Labute approximate surface area is 139 Å². The average molecular weight is 344 g/mol. The number of ether oxygens (including phenoxy) is 2. The topological polar surface area (TPSA) is 47.7 Å². The molecule has 3 rings (SSSR count). The lowest BCUT2D eigenvalue weighted by Gasteiger charge is -2.44. The molecule has 2 N–H and O–H groups in total. The number of likely N-dealkylation sites (N-methyl/N-ethyl adjacent to an activating group) is 1. The molecule has 24 heavy (non-hydrogen) atoms. The molecule has 3 atom stereocenters. The number of fused-ring (bicyclic) bond motifs is 1. The van der Waals surface area contributed by atoms with E-state index in [-0.39, 0.29) is 29.0 Å². The average Bonchev–Trinajstić information content (AvgIpc) is 2.84. The number of benzene rings is 1. The molecule has 1 aliphatic heterocycles. The fraction of sp³-hybridized carbons (Fsp3) is 0.647. The van der Waals surface area contributed by atoms with E-state index in [1.807, 2.05) is 6.07 Å². The van der Waals surface area contributed by atoms with Crippen molar-refractivity contribution in [2.24, 2.45) is 5.73 Å². The molecule has 134 valence electrons. The number of methoxy groups -OCH3 is 1. The molecule has 0 bridgehead atoms. The molecule has 7 heteroatoms. The van der Waals surface area contributed by atoms with Crippen LogP contribution >= 0.6 is 0 Å². The van der Waals surface area contributed by atoms with Crippen molar-refractivity contribution >= 4 is 0 Å². The van der Waals surface area contributed by atoms with Crippen molar-refractivity contribution in [2.75, 3.05) is 20.7 Å². The fourth-order valence-corrected chi connectivity index (χ4v) is 4.34. The van der Waals surface area contributed by atoms with Gasteiger partial charge in [-0.3, -0.25) is 0 Å². The largest absolute Gasteiger partial charge is 0.573 e. The number of nitrogens with two attached hydrogens (primary N) is 1. The third-order valence-electron chi connectivity index (χ3n) is 5.53. The SMILES string of the molecule is COc1ccc([C@@]23CCC(N)C[C@H]2N(C)CC3)cc1OC(F)(F)F. The van der Waals surface area contributed by atoms with Gasteiger partial charge in [0, 0.05) is 17.5 Å². The van der Waals surface area contributed by atoms with E-state index >= 15 is 0 Å². The van der Waals surface area contributed by atoms with Gasteiger partial charge in [0.15, 0.2) is 11.5 Å². The van der Waals surface area contributed by atoms with Crippen molar-refractivity contribution in [1.29, 1.82) is 0 Å². The fourth-order valence-electron chi connectivity index (χ4n) is 4.34. The van der Waals surface area contributed by atoms with Crippen LogP contribution in [-0.4, -0.2) is 44.0 Å². The molecule has 2 fully saturated rings. The highest BCUT2D eigenvalue weighted by Crippen LogP contribution is 2.49. The first-order valence-electron chi connectivity index (χ1n) is 8.15. The Morgan fingerprint density at radius 3 is 2.67 bits per heavy atom. The lowest BCUT2D eigenvalue weighted by atomic mass is 9.65. The molecule has 1 heterocycles. The van der Waals surface area contributed by atoms with E-state index in [4.69, 9.17) is 10.5 Å². The van der Waals surface area contributed by atoms with E-state index in [0.29, 0.717) is 0 Å². The van der Waals surface area contributed by atoms with E-state index < -0.39 is 6.36 Å². The van der Waals surface area contributed by atoms with Crippen LogP contribution in [0.1, 0.15) is 31.2 Å². The summed E-state index contributed by atoms with van der Waals surface area (Å²) in [6.45, 7) is 0.916. The van der Waals surface area contributed by atoms with Gasteiger partial charge in [-0.25, -0.2) is 0 Å². The lowest BCUT2D eigenvalue weighted by Crippen LogP contribution is -2.49. The molecular weight excluding hydrogens is 321 g/mol. The van der Waals surface area contributed by atoms with Gasteiger partial charge in [0.25, 0.3) is 0 Å². The van der Waals surface area contributed by atoms with E-state index in [9.17, 15) is 13.2 Å². The zero-order valence-electron chi connectivity index (χ0n) is 13.9. The summed E-state index contributed by atoms with van der Waals surface area (Å²) in [4.78, 5) is 2.27. The summed E-state index contributed by atoms with van der Waals surface area (Å²) in [6, 6.07) is 5.32. The molecule has 0 spiro atoms. The number of likely N-dealkylation sites (tertiary alicyclic amines) is 1. The molecule has 0 amide bonds. The highest BCUT2D eigenvalue weighted by atomic mass is 19.4. The van der Waals surface area contributed by atoms with Crippen LogP contribution in [0.3, 0.4) is 0 Å². The Kier molecular flexibility index (Phi) is 4.42. The first-order chi connectivity index (χ1) is 11.2. The Bertz CT molecular complexity index is 608. The van der Waals surface area contributed by atoms with Gasteiger partial charge in [-0.05, 0) is 57.0 Å². The van der Waals surface area contributed by atoms with Crippen molar-refractivity contribution in [3.05, 3.63) is 23.8 Å². The quantitative estimate of drug-likeness (QED) is 0.916. The second-order valence-electron chi connectivity index (χ2n) is 6.85. The number of hydrogen-bond acceptors (Lipinski definition) is 4. The number of halogens is 3. The molecule has 1 aromatic rings. The van der Waals surface area contributed by atoms with Gasteiger partial charge in [-0.1, -0.05) is 6.07 Å². The minimum absolute atomic E-state index is 0.0860. The molecule has 1 aromatic carbocycles. The predicted octanol–water partition coefficient (Wildman–Crippen LogP) is 3.05. The van der Waals surface area contributed by atoms with Crippen molar-refractivity contribution in [2.45, 2.75) is 49.5 Å². The third-order valence-corrected chi connectivity index (χ3v) is 5.53. The summed E-state index contributed by atoms with van der Waals surface area (Å²) < 4.78 is 47.3. The van der Waals surface area contributed by atoms with Gasteiger partial charge in [-0.2, -0.15) is 0 Å². The van der Waals surface area contributed by atoms with E-state index in [1.54, 1.807) is 6.07 Å². The molecule has 1 unspecified atom stereocenters. The van der Waals surface area contributed by atoms with Crippen molar-refractivity contribution in [3.8, 4) is 11.5 Å². The summed E-state index contributed by atoms with van der Waals surface area (Å²) in [5.41, 5.74) is 6.84. The normalized spacial score (nSPS) is 30.9. The van der Waals surface area contributed by atoms with Gasteiger partial charge in [0.2, 0.25) is 0 Å². The second kappa shape index (κ2) is 6.11. The summed E-state index contributed by atoms with van der Waals surface area (Å²) in [6.07, 6.45) is -1.21. The van der Waals surface area contributed by atoms with E-state index in [1.165, 1.54) is 13.2 Å². The van der Waals surface area contributed by atoms with Gasteiger partial charge in [0.1, 0.15) is 0 Å². The molecule has 4 nitrogen and oxygen atoms in total. The summed E-state index contributed by atoms with van der Waals surface area (Å²) in [7, 11) is 3.39. The van der Waals surface area contributed by atoms with Gasteiger partial charge >= 0.3 is 6.36 Å². The van der Waals surface area contributed by atoms with E-state index in [2.05, 4.69) is 16.7 Å². The number of hydrogen-bond donors (Lipinski definition) is 1. The predicted molar refractivity (Wildman–Crippen MR) is 84.2 cm³/mol. The maximum absolute atomic E-state index is 12.7. The Morgan fingerprint density at radius 2 is 2.00 bits per heavy atom. The first kappa shape index (κ1) is 17.4. The Hall–Kier alpha value is -1.47. The number of rotatable bonds is 3. The number of nitrogens with zero attached hydrogens (tertiary/aromatic N) is 1. The van der Waals surface area contributed by atoms with Crippen molar-refractivity contribution in [1.82, 2.24) is 4.90 Å². The van der Waals surface area contributed by atoms with Crippen LogP contribution in [0.5, 0.6) is 11.5 Å². The highest BCUT2D eigenvalue weighted by molar-refractivity contribution is 5.46. The molecule has 0 aromatic heterocycles. The lowest BCUT2D eigenvalue weighted by molar-refractivity contribution is -0.275. The highest BCUT2D eigenvalue weighted by Gasteiger charge is 2.50. The van der Waals surface area contributed by atoms with Crippen LogP contribution in [0.25, 0.3) is 0 Å². The zero-order chi connectivity index (χ0) is 17.5. The van der Waals surface area contributed by atoms with Gasteiger partial charge in [0.05, 0.1) is 7.11 Å². The minimum Gasteiger partial charge on any atom is -0.493 e. The molecular formula is C17H23F3N2O2. The van der Waals surface area contributed by atoms with Gasteiger partial charge < -0.3 is 20.1 Å². The van der Waals surface area contributed by atoms with Crippen molar-refractivity contribution in [3.63, 3.8) is 0 Å². The molecule has 0 radical (unpaired) electrons. The van der Waals surface area contributed by atoms with Crippen LogP contribution in [0.4, 0.5) is 13.2 Å². The number of alkyl halides is 3. The maximum Gasteiger partial charge on any atom is 0.573 e. The van der Waals surface area contributed by atoms with Crippen LogP contribution in [0, 0.1) is 0 Å². The Balaban J connectivity index is 2.00. The summed E-state index contributed by atoms with van der Waals surface area (Å²) in [5.74, 6) is -0.192. The zero-order valence-corrected chi connectivity index (χ0v) is 13.9. The monoisotopic (exact) mass is 344 g/mol. The standard InChI is InChI=1S/C17H23F3N2O2/c1-22-8-7-16(6-5-12(21)10-15(16)22)11-3-4-13(23-2)14(9-11)24-17(18,19)20/h3-4,9,12,15H,5-8,10,21H2,1-2H3/t12?,15-,16+/m1/s1. The minimum atomic E-state index is -4.75. The van der Waals surface area contributed by atoms with Crippen LogP contribution in [0.2, 0.25) is 0 Å². The van der Waals surface area contributed by atoms with Crippen LogP contribution in [0.15, 0.2) is 18.2 Å². The first-order valence-corrected chi connectivity index (χ1v) is 8.15. The Morgan fingerprint density at radius 1 is 1.25 bits per heavy atom. The molecule has 1 saturated heterocycles.